The number of nitrogens with zero attached hydrogens (tertiary/aromatic N) is 4. The zero-order chi connectivity index (χ0) is 20.7. The van der Waals surface area contributed by atoms with Gasteiger partial charge in [0.15, 0.2) is 5.96 Å². The molecule has 2 aliphatic heterocycles. The Bertz CT molecular complexity index is 499. The molecule has 0 bridgehead atoms. The maximum absolute atomic E-state index is 12.9. The van der Waals surface area contributed by atoms with Gasteiger partial charge < -0.3 is 15.0 Å². The fourth-order valence-corrected chi connectivity index (χ4v) is 3.72. The zero-order valence-corrected chi connectivity index (χ0v) is 20.4. The van der Waals surface area contributed by atoms with Gasteiger partial charge in [-0.25, -0.2) is 0 Å². The zero-order valence-electron chi connectivity index (χ0n) is 18.0. The van der Waals surface area contributed by atoms with E-state index in [0.29, 0.717) is 38.6 Å². The van der Waals surface area contributed by atoms with Gasteiger partial charge in [0.25, 0.3) is 0 Å². The number of morpholine rings is 1. The van der Waals surface area contributed by atoms with E-state index < -0.39 is 12.2 Å². The van der Waals surface area contributed by atoms with Crippen molar-refractivity contribution in [2.75, 3.05) is 65.5 Å². The number of nitrogens with one attached hydrogen (secondary N) is 1. The summed E-state index contributed by atoms with van der Waals surface area (Å²) in [6.07, 6.45) is -4.12. The van der Waals surface area contributed by atoms with E-state index in [1.807, 2.05) is 6.92 Å². The van der Waals surface area contributed by atoms with E-state index in [-0.39, 0.29) is 30.1 Å². The summed E-state index contributed by atoms with van der Waals surface area (Å²) in [5, 5.41) is 3.28. The second kappa shape index (κ2) is 12.5. The highest BCUT2D eigenvalue weighted by Crippen LogP contribution is 2.25. The van der Waals surface area contributed by atoms with E-state index in [1.54, 1.807) is 0 Å². The Hall–Kier alpha value is -0.330. The Morgan fingerprint density at radius 1 is 1.14 bits per heavy atom. The molecule has 2 heterocycles. The number of halogens is 4. The third-order valence-electron chi connectivity index (χ3n) is 5.26. The number of guanidine groups is 1. The topological polar surface area (TPSA) is 43.3 Å². The van der Waals surface area contributed by atoms with Crippen LogP contribution in [0.25, 0.3) is 0 Å². The van der Waals surface area contributed by atoms with Gasteiger partial charge in [-0.15, -0.1) is 24.0 Å². The van der Waals surface area contributed by atoms with Crippen molar-refractivity contribution in [3.05, 3.63) is 0 Å². The smallest absolute Gasteiger partial charge is 0.374 e. The maximum atomic E-state index is 12.9. The van der Waals surface area contributed by atoms with Crippen LogP contribution in [0.15, 0.2) is 4.99 Å². The van der Waals surface area contributed by atoms with Crippen molar-refractivity contribution in [1.29, 1.82) is 0 Å². The third kappa shape index (κ3) is 8.74. The largest absolute Gasteiger partial charge is 0.403 e. The molecule has 2 aliphatic rings. The number of aliphatic imine (C=N–C) groups is 1. The van der Waals surface area contributed by atoms with Crippen LogP contribution < -0.4 is 5.32 Å². The molecule has 0 radical (unpaired) electrons. The molecule has 2 rings (SSSR count). The Morgan fingerprint density at radius 3 is 2.34 bits per heavy atom. The van der Waals surface area contributed by atoms with Gasteiger partial charge in [-0.05, 0) is 19.8 Å². The van der Waals surface area contributed by atoms with Crippen molar-refractivity contribution in [1.82, 2.24) is 20.0 Å². The average molecular weight is 535 g/mol. The summed E-state index contributed by atoms with van der Waals surface area (Å²) in [6, 6.07) is -1.41. The number of hydrogen-bond acceptors (Lipinski definition) is 4. The molecule has 2 fully saturated rings. The van der Waals surface area contributed by atoms with Crippen LogP contribution >= 0.6 is 24.0 Å². The van der Waals surface area contributed by atoms with Crippen molar-refractivity contribution >= 4 is 29.9 Å². The Balaban J connectivity index is 0.00000420. The van der Waals surface area contributed by atoms with E-state index in [2.05, 4.69) is 29.0 Å². The summed E-state index contributed by atoms with van der Waals surface area (Å²) in [7, 11) is 0. The van der Waals surface area contributed by atoms with Gasteiger partial charge in [0.2, 0.25) is 0 Å². The summed E-state index contributed by atoms with van der Waals surface area (Å²) in [4.78, 5) is 10.7. The standard InChI is InChI=1S/C19H36F3N5O.HI/c1-5-23-18(24-12-17-14-25(10-11-28-17)13-15(2)3)27-8-6-26(7-9-27)16(4)19(20,21)22;/h15-17H,5-14H2,1-4H3,(H,23,24);1H. The van der Waals surface area contributed by atoms with Crippen LogP contribution in [0.4, 0.5) is 13.2 Å². The average Bonchev–Trinajstić information content (AvgIpc) is 2.64. The predicted octanol–water partition coefficient (Wildman–Crippen LogP) is 2.50. The Labute approximate surface area is 190 Å². The summed E-state index contributed by atoms with van der Waals surface area (Å²) >= 11 is 0. The van der Waals surface area contributed by atoms with E-state index in [4.69, 9.17) is 9.73 Å². The van der Waals surface area contributed by atoms with Crippen LogP contribution in [-0.4, -0.2) is 104 Å². The van der Waals surface area contributed by atoms with Gasteiger partial charge in [-0.3, -0.25) is 14.8 Å². The lowest BCUT2D eigenvalue weighted by atomic mass is 10.2. The van der Waals surface area contributed by atoms with Gasteiger partial charge in [-0.2, -0.15) is 13.2 Å². The first-order chi connectivity index (χ1) is 13.2. The predicted molar refractivity (Wildman–Crippen MR) is 121 cm³/mol. The first kappa shape index (κ1) is 26.7. The van der Waals surface area contributed by atoms with E-state index in [9.17, 15) is 13.2 Å². The quantitative estimate of drug-likeness (QED) is 0.322. The SMILES string of the molecule is CCNC(=NCC1CN(CC(C)C)CCO1)N1CCN(C(C)C(F)(F)F)CC1.I. The van der Waals surface area contributed by atoms with E-state index in [0.717, 1.165) is 38.7 Å². The first-order valence-corrected chi connectivity index (χ1v) is 10.4. The van der Waals surface area contributed by atoms with Gasteiger partial charge in [0, 0.05) is 52.4 Å². The van der Waals surface area contributed by atoms with Crippen LogP contribution in [0.1, 0.15) is 27.7 Å². The molecule has 10 heteroatoms. The van der Waals surface area contributed by atoms with Crippen molar-refractivity contribution < 1.29 is 17.9 Å². The number of alkyl halides is 3. The van der Waals surface area contributed by atoms with Crippen LogP contribution in [0.2, 0.25) is 0 Å². The highest BCUT2D eigenvalue weighted by Gasteiger charge is 2.41. The lowest BCUT2D eigenvalue weighted by Crippen LogP contribution is -2.57. The molecular weight excluding hydrogens is 498 g/mol. The second-order valence-corrected chi connectivity index (χ2v) is 8.08. The monoisotopic (exact) mass is 535 g/mol. The molecule has 2 atom stereocenters. The molecule has 0 saturated carbocycles. The van der Waals surface area contributed by atoms with Gasteiger partial charge in [-0.1, -0.05) is 13.8 Å². The number of piperazine rings is 1. The molecular formula is C19H37F3IN5O. The van der Waals surface area contributed by atoms with Crippen LogP contribution in [0.3, 0.4) is 0 Å². The molecule has 0 aromatic carbocycles. The van der Waals surface area contributed by atoms with Crippen molar-refractivity contribution in [3.8, 4) is 0 Å². The molecule has 6 nitrogen and oxygen atoms in total. The van der Waals surface area contributed by atoms with Crippen LogP contribution in [0, 0.1) is 5.92 Å². The van der Waals surface area contributed by atoms with E-state index >= 15 is 0 Å². The molecule has 0 aliphatic carbocycles. The van der Waals surface area contributed by atoms with Gasteiger partial charge in [0.1, 0.15) is 6.04 Å². The van der Waals surface area contributed by atoms with Crippen LogP contribution in [0.5, 0.6) is 0 Å². The molecule has 2 unspecified atom stereocenters. The lowest BCUT2D eigenvalue weighted by Gasteiger charge is -2.40. The fourth-order valence-electron chi connectivity index (χ4n) is 3.72. The number of ether oxygens (including phenoxy) is 1. The second-order valence-electron chi connectivity index (χ2n) is 8.08. The molecule has 0 aromatic rings. The maximum Gasteiger partial charge on any atom is 0.403 e. The Morgan fingerprint density at radius 2 is 1.79 bits per heavy atom. The first-order valence-electron chi connectivity index (χ1n) is 10.4. The summed E-state index contributed by atoms with van der Waals surface area (Å²) in [5.74, 6) is 1.39. The van der Waals surface area contributed by atoms with Crippen molar-refractivity contribution in [2.24, 2.45) is 10.9 Å². The minimum absolute atomic E-state index is 0. The molecule has 0 spiro atoms. The van der Waals surface area contributed by atoms with Crippen molar-refractivity contribution in [2.45, 2.75) is 46.0 Å². The minimum Gasteiger partial charge on any atom is -0.374 e. The molecule has 29 heavy (non-hydrogen) atoms. The van der Waals surface area contributed by atoms with Gasteiger partial charge in [0.05, 0.1) is 19.3 Å². The number of hydrogen-bond donors (Lipinski definition) is 1. The van der Waals surface area contributed by atoms with Gasteiger partial charge >= 0.3 is 6.18 Å². The minimum atomic E-state index is -4.18. The highest BCUT2D eigenvalue weighted by molar-refractivity contribution is 14.0. The van der Waals surface area contributed by atoms with Crippen molar-refractivity contribution in [3.63, 3.8) is 0 Å². The normalized spacial score (nSPS) is 23.8. The summed E-state index contributed by atoms with van der Waals surface area (Å²) in [6.45, 7) is 14.4. The molecule has 172 valence electrons. The Kier molecular flexibility index (Phi) is 11.5. The lowest BCUT2D eigenvalue weighted by molar-refractivity contribution is -0.181. The molecule has 1 N–H and O–H groups in total. The molecule has 0 aromatic heterocycles. The van der Waals surface area contributed by atoms with E-state index in [1.165, 1.54) is 11.8 Å². The fraction of sp³-hybridized carbons (Fsp3) is 0.947. The third-order valence-corrected chi connectivity index (χ3v) is 5.26. The molecule has 2 saturated heterocycles. The highest BCUT2D eigenvalue weighted by atomic mass is 127. The number of rotatable bonds is 6. The molecule has 0 amide bonds. The summed E-state index contributed by atoms with van der Waals surface area (Å²) in [5.41, 5.74) is 0. The summed E-state index contributed by atoms with van der Waals surface area (Å²) < 4.78 is 44.7. The van der Waals surface area contributed by atoms with Crippen LogP contribution in [-0.2, 0) is 4.74 Å².